The minimum atomic E-state index is -0.337. The molecule has 0 atom stereocenters. The summed E-state index contributed by atoms with van der Waals surface area (Å²) in [5.74, 6) is 1.05. The van der Waals surface area contributed by atoms with E-state index in [-0.39, 0.29) is 5.91 Å². The molecule has 1 aromatic carbocycles. The minimum absolute atomic E-state index is 0.329. The van der Waals surface area contributed by atoms with E-state index in [4.69, 9.17) is 21.1 Å². The Balaban J connectivity index is 2.16. The number of carbonyl (C=O) groups excluding carboxylic acids is 1. The summed E-state index contributed by atoms with van der Waals surface area (Å²) in [5, 5.41) is 10.8. The molecule has 23 heavy (non-hydrogen) atoms. The highest BCUT2D eigenvalue weighted by atomic mass is 35.5. The average Bonchev–Trinajstić information content (AvgIpc) is 3.00. The first-order valence-electron chi connectivity index (χ1n) is 7.09. The highest BCUT2D eigenvalue weighted by molar-refractivity contribution is 7.13. The van der Waals surface area contributed by atoms with Gasteiger partial charge in [-0.15, -0.1) is 10.2 Å². The van der Waals surface area contributed by atoms with Crippen molar-refractivity contribution >= 4 is 34.0 Å². The van der Waals surface area contributed by atoms with E-state index in [1.165, 1.54) is 24.0 Å². The maximum absolute atomic E-state index is 12.2. The van der Waals surface area contributed by atoms with Crippen molar-refractivity contribution in [2.75, 3.05) is 19.0 Å². The van der Waals surface area contributed by atoms with Crippen molar-refractivity contribution in [3.8, 4) is 11.5 Å². The molecule has 2 rings (SSSR count). The summed E-state index contributed by atoms with van der Waals surface area (Å²) in [5.41, 5.74) is 1.90. The standard InChI is InChI=1S/C15H18ClN3O3S/c1-9(2)4-5-22-13-11(16)6-10(7-12(13)21-3)14(20)18-15-19-17-8-23-15/h6-9H,4-5H2,1-3H3,(H,18,19,20). The van der Waals surface area contributed by atoms with Crippen LogP contribution in [0.1, 0.15) is 30.6 Å². The second kappa shape index (κ2) is 8.12. The van der Waals surface area contributed by atoms with Crippen molar-refractivity contribution in [2.45, 2.75) is 20.3 Å². The Labute approximate surface area is 143 Å². The number of nitrogens with zero attached hydrogens (tertiary/aromatic N) is 2. The van der Waals surface area contributed by atoms with Crippen molar-refractivity contribution < 1.29 is 14.3 Å². The molecule has 0 saturated heterocycles. The van der Waals surface area contributed by atoms with Crippen LogP contribution in [0.4, 0.5) is 5.13 Å². The smallest absolute Gasteiger partial charge is 0.257 e. The number of carbonyl (C=O) groups is 1. The molecule has 124 valence electrons. The Kier molecular flexibility index (Phi) is 6.18. The molecule has 1 aromatic heterocycles. The van der Waals surface area contributed by atoms with Crippen LogP contribution in [0.2, 0.25) is 5.02 Å². The number of ether oxygens (including phenoxy) is 2. The fraction of sp³-hybridized carbons (Fsp3) is 0.400. The normalized spacial score (nSPS) is 10.7. The van der Waals surface area contributed by atoms with E-state index in [1.807, 2.05) is 0 Å². The number of aromatic nitrogens is 2. The van der Waals surface area contributed by atoms with Crippen LogP contribution in [0.25, 0.3) is 0 Å². The van der Waals surface area contributed by atoms with Gasteiger partial charge in [0.05, 0.1) is 18.7 Å². The first-order chi connectivity index (χ1) is 11.0. The summed E-state index contributed by atoms with van der Waals surface area (Å²) < 4.78 is 11.0. The first-order valence-corrected chi connectivity index (χ1v) is 8.35. The van der Waals surface area contributed by atoms with Crippen molar-refractivity contribution in [1.29, 1.82) is 0 Å². The van der Waals surface area contributed by atoms with Gasteiger partial charge < -0.3 is 9.47 Å². The molecule has 0 bridgehead atoms. The molecule has 1 heterocycles. The summed E-state index contributed by atoms with van der Waals surface area (Å²) in [7, 11) is 1.51. The topological polar surface area (TPSA) is 73.3 Å². The van der Waals surface area contributed by atoms with Gasteiger partial charge in [0.15, 0.2) is 11.5 Å². The highest BCUT2D eigenvalue weighted by Crippen LogP contribution is 2.36. The summed E-state index contributed by atoms with van der Waals surface area (Å²) in [6.07, 6.45) is 0.902. The third-order valence-electron chi connectivity index (χ3n) is 3.01. The third kappa shape index (κ3) is 4.80. The van der Waals surface area contributed by atoms with Crippen LogP contribution < -0.4 is 14.8 Å². The number of halogens is 1. The van der Waals surface area contributed by atoms with Crippen molar-refractivity contribution in [2.24, 2.45) is 5.92 Å². The molecule has 2 aromatic rings. The SMILES string of the molecule is COc1cc(C(=O)Nc2nncs2)cc(Cl)c1OCCC(C)C. The summed E-state index contributed by atoms with van der Waals surface area (Å²) >= 11 is 7.48. The zero-order valence-corrected chi connectivity index (χ0v) is 14.7. The Bertz CT molecular complexity index is 662. The molecule has 1 amide bonds. The lowest BCUT2D eigenvalue weighted by Crippen LogP contribution is -2.12. The van der Waals surface area contributed by atoms with E-state index in [0.29, 0.717) is 39.7 Å². The van der Waals surface area contributed by atoms with Crippen molar-refractivity contribution in [3.05, 3.63) is 28.2 Å². The lowest BCUT2D eigenvalue weighted by Gasteiger charge is -2.14. The maximum Gasteiger partial charge on any atom is 0.257 e. The highest BCUT2D eigenvalue weighted by Gasteiger charge is 2.17. The van der Waals surface area contributed by atoms with E-state index in [0.717, 1.165) is 6.42 Å². The summed E-state index contributed by atoms with van der Waals surface area (Å²) in [6, 6.07) is 3.14. The summed E-state index contributed by atoms with van der Waals surface area (Å²) in [4.78, 5) is 12.2. The molecule has 0 radical (unpaired) electrons. The third-order valence-corrected chi connectivity index (χ3v) is 3.90. The molecule has 8 heteroatoms. The van der Waals surface area contributed by atoms with Gasteiger partial charge in [0.25, 0.3) is 5.91 Å². The zero-order valence-electron chi connectivity index (χ0n) is 13.1. The Morgan fingerprint density at radius 2 is 2.22 bits per heavy atom. The molecule has 0 fully saturated rings. The van der Waals surface area contributed by atoms with Gasteiger partial charge in [-0.3, -0.25) is 10.1 Å². The molecule has 6 nitrogen and oxygen atoms in total. The quantitative estimate of drug-likeness (QED) is 0.815. The molecule has 0 unspecified atom stereocenters. The molecular formula is C15H18ClN3O3S. The van der Waals surface area contributed by atoms with Crippen LogP contribution in [-0.4, -0.2) is 29.8 Å². The van der Waals surface area contributed by atoms with Gasteiger partial charge in [0.2, 0.25) is 5.13 Å². The van der Waals surface area contributed by atoms with Crippen LogP contribution in [0.5, 0.6) is 11.5 Å². The Morgan fingerprint density at radius 3 is 2.83 bits per heavy atom. The van der Waals surface area contributed by atoms with Gasteiger partial charge >= 0.3 is 0 Å². The molecule has 0 aliphatic heterocycles. The van der Waals surface area contributed by atoms with Crippen molar-refractivity contribution in [3.63, 3.8) is 0 Å². The number of hydrogen-bond acceptors (Lipinski definition) is 6. The van der Waals surface area contributed by atoms with Crippen LogP contribution in [0, 0.1) is 5.92 Å². The molecule has 0 aliphatic carbocycles. The van der Waals surface area contributed by atoms with Crippen LogP contribution in [-0.2, 0) is 0 Å². The van der Waals surface area contributed by atoms with Gasteiger partial charge in [0.1, 0.15) is 5.51 Å². The lowest BCUT2D eigenvalue weighted by atomic mass is 10.1. The van der Waals surface area contributed by atoms with E-state index < -0.39 is 0 Å². The van der Waals surface area contributed by atoms with E-state index >= 15 is 0 Å². The van der Waals surface area contributed by atoms with Crippen LogP contribution >= 0.6 is 22.9 Å². The van der Waals surface area contributed by atoms with Gasteiger partial charge in [-0.2, -0.15) is 0 Å². The molecule has 0 saturated carbocycles. The van der Waals surface area contributed by atoms with Gasteiger partial charge in [0, 0.05) is 5.56 Å². The largest absolute Gasteiger partial charge is 0.493 e. The molecule has 1 N–H and O–H groups in total. The Hall–Kier alpha value is -1.86. The van der Waals surface area contributed by atoms with Crippen LogP contribution in [0.3, 0.4) is 0 Å². The number of rotatable bonds is 7. The molecule has 0 aliphatic rings. The number of methoxy groups -OCH3 is 1. The fourth-order valence-corrected chi connectivity index (χ4v) is 2.49. The second-order valence-corrected chi connectivity index (χ2v) is 6.46. The average molecular weight is 356 g/mol. The molecular weight excluding hydrogens is 338 g/mol. The van der Waals surface area contributed by atoms with E-state index in [9.17, 15) is 4.79 Å². The van der Waals surface area contributed by atoms with Gasteiger partial charge in [-0.1, -0.05) is 36.8 Å². The summed E-state index contributed by atoms with van der Waals surface area (Å²) in [6.45, 7) is 4.76. The minimum Gasteiger partial charge on any atom is -0.493 e. The zero-order chi connectivity index (χ0) is 16.8. The van der Waals surface area contributed by atoms with Crippen molar-refractivity contribution in [1.82, 2.24) is 10.2 Å². The number of amides is 1. The fourth-order valence-electron chi connectivity index (χ4n) is 1.78. The maximum atomic E-state index is 12.2. The van der Waals surface area contributed by atoms with Crippen LogP contribution in [0.15, 0.2) is 17.6 Å². The molecule has 0 spiro atoms. The first kappa shape index (κ1) is 17.5. The monoisotopic (exact) mass is 355 g/mol. The van der Waals surface area contributed by atoms with E-state index in [2.05, 4.69) is 29.4 Å². The number of anilines is 1. The van der Waals surface area contributed by atoms with Gasteiger partial charge in [-0.25, -0.2) is 0 Å². The Morgan fingerprint density at radius 1 is 1.43 bits per heavy atom. The predicted molar refractivity (Wildman–Crippen MR) is 90.8 cm³/mol. The van der Waals surface area contributed by atoms with Gasteiger partial charge in [-0.05, 0) is 24.5 Å². The lowest BCUT2D eigenvalue weighted by molar-refractivity contribution is 0.102. The van der Waals surface area contributed by atoms with E-state index in [1.54, 1.807) is 12.1 Å². The number of benzene rings is 1. The number of hydrogen-bond donors (Lipinski definition) is 1. The number of nitrogens with one attached hydrogen (secondary N) is 1. The predicted octanol–water partition coefficient (Wildman–Crippen LogP) is 3.88. The second-order valence-electron chi connectivity index (χ2n) is 5.22.